The first-order valence-corrected chi connectivity index (χ1v) is 13.2. The number of hydrogen-bond donors (Lipinski definition) is 1. The van der Waals surface area contributed by atoms with Gasteiger partial charge in [0, 0.05) is 12.1 Å². The van der Waals surface area contributed by atoms with Crippen molar-refractivity contribution in [3.63, 3.8) is 0 Å². The summed E-state index contributed by atoms with van der Waals surface area (Å²) in [5, 5.41) is 1.34. The summed E-state index contributed by atoms with van der Waals surface area (Å²) in [6, 6.07) is 15.6. The minimum atomic E-state index is -0.638. The van der Waals surface area contributed by atoms with Crippen LogP contribution in [0.1, 0.15) is 64.3 Å². The van der Waals surface area contributed by atoms with Crippen molar-refractivity contribution in [1.82, 2.24) is 20.2 Å². The maximum absolute atomic E-state index is 13.6. The number of amides is 4. The van der Waals surface area contributed by atoms with Crippen molar-refractivity contribution < 1.29 is 23.9 Å². The molecule has 1 unspecified atom stereocenters. The third kappa shape index (κ3) is 7.43. The fraction of sp³-hybridized carbons (Fsp3) is 0.500. The normalized spacial score (nSPS) is 15.8. The number of urea groups is 1. The number of ether oxygens (including phenoxy) is 2. The zero-order valence-electron chi connectivity index (χ0n) is 24.4. The molecule has 1 saturated heterocycles. The molecule has 9 nitrogen and oxygen atoms in total. The van der Waals surface area contributed by atoms with Crippen LogP contribution in [0.25, 0.3) is 0 Å². The molecule has 2 aromatic carbocycles. The number of hydrogen-bond acceptors (Lipinski definition) is 5. The molecule has 3 rings (SSSR count). The zero-order valence-corrected chi connectivity index (χ0v) is 24.4. The Morgan fingerprint density at radius 2 is 1.59 bits per heavy atom. The molecule has 1 N–H and O–H groups in total. The van der Waals surface area contributed by atoms with Crippen molar-refractivity contribution in [1.29, 1.82) is 0 Å². The maximum atomic E-state index is 13.6. The molecule has 2 aromatic rings. The topological polar surface area (TPSA) is 91.4 Å². The average molecular weight is 539 g/mol. The average Bonchev–Trinajstić information content (AvgIpc) is 3.19. The molecule has 1 fully saturated rings. The van der Waals surface area contributed by atoms with E-state index in [2.05, 4.69) is 50.5 Å². The Balaban J connectivity index is 1.81. The Morgan fingerprint density at radius 3 is 2.10 bits per heavy atom. The van der Waals surface area contributed by atoms with E-state index in [0.717, 1.165) is 16.9 Å². The Bertz CT molecular complexity index is 1150. The highest BCUT2D eigenvalue weighted by atomic mass is 16.5. The second-order valence-electron chi connectivity index (χ2n) is 11.8. The van der Waals surface area contributed by atoms with E-state index in [1.807, 2.05) is 45.0 Å². The van der Waals surface area contributed by atoms with Crippen molar-refractivity contribution >= 4 is 18.0 Å². The number of methoxy groups -OCH3 is 2. The van der Waals surface area contributed by atoms with Gasteiger partial charge in [-0.3, -0.25) is 15.1 Å². The molecule has 9 heteroatoms. The van der Waals surface area contributed by atoms with Crippen LogP contribution in [-0.4, -0.2) is 72.2 Å². The molecule has 0 saturated carbocycles. The van der Waals surface area contributed by atoms with Crippen LogP contribution in [0, 0.1) is 0 Å². The molecule has 212 valence electrons. The number of nitrogens with one attached hydrogen (secondary N) is 1. The van der Waals surface area contributed by atoms with Crippen LogP contribution in [0.3, 0.4) is 0 Å². The summed E-state index contributed by atoms with van der Waals surface area (Å²) in [4.78, 5) is 41.9. The minimum absolute atomic E-state index is 0.0106. The van der Waals surface area contributed by atoms with E-state index >= 15 is 0 Å². The van der Waals surface area contributed by atoms with Crippen LogP contribution in [0.15, 0.2) is 48.5 Å². The molecule has 0 radical (unpaired) electrons. The molecule has 1 heterocycles. The molecule has 0 aromatic heterocycles. The predicted octanol–water partition coefficient (Wildman–Crippen LogP) is 4.91. The summed E-state index contributed by atoms with van der Waals surface area (Å²) in [6.07, 6.45) is 0.0390. The quantitative estimate of drug-likeness (QED) is 0.516. The molecule has 0 aliphatic carbocycles. The summed E-state index contributed by atoms with van der Waals surface area (Å²) >= 11 is 0. The highest BCUT2D eigenvalue weighted by Gasteiger charge is 2.39. The lowest BCUT2D eigenvalue weighted by molar-refractivity contribution is -0.126. The van der Waals surface area contributed by atoms with E-state index in [-0.39, 0.29) is 30.6 Å². The third-order valence-corrected chi connectivity index (χ3v) is 6.94. The Hall–Kier alpha value is -3.75. The van der Waals surface area contributed by atoms with E-state index in [0.29, 0.717) is 13.0 Å². The standard InChI is InChI=1S/C30H42N4O5/c1-29(2,3)23-13-11-22(12-14-23)25-19-34(31-26(35)20-33(28(37)39-8)30(4,5)6)27(36)32(25)18-17-21-9-15-24(38-7)16-10-21/h9-16,25H,17-20H2,1-8H3,(H,31,35). The summed E-state index contributed by atoms with van der Waals surface area (Å²) in [5.41, 5.74) is 5.37. The van der Waals surface area contributed by atoms with Crippen LogP contribution in [0.2, 0.25) is 0 Å². The van der Waals surface area contributed by atoms with Crippen molar-refractivity contribution in [3.8, 4) is 5.75 Å². The van der Waals surface area contributed by atoms with Gasteiger partial charge < -0.3 is 14.4 Å². The largest absolute Gasteiger partial charge is 0.497 e. The number of rotatable bonds is 8. The van der Waals surface area contributed by atoms with Crippen LogP contribution in [0.4, 0.5) is 9.59 Å². The van der Waals surface area contributed by atoms with Gasteiger partial charge in [-0.25, -0.2) is 14.6 Å². The summed E-state index contributed by atoms with van der Waals surface area (Å²) in [5.74, 6) is 0.306. The Morgan fingerprint density at radius 1 is 0.974 bits per heavy atom. The van der Waals surface area contributed by atoms with E-state index in [9.17, 15) is 14.4 Å². The molecule has 0 bridgehead atoms. The first-order chi connectivity index (χ1) is 18.2. The van der Waals surface area contributed by atoms with Crippen molar-refractivity contribution in [2.24, 2.45) is 0 Å². The van der Waals surface area contributed by atoms with Crippen LogP contribution >= 0.6 is 0 Å². The summed E-state index contributed by atoms with van der Waals surface area (Å²) in [6.45, 7) is 12.5. The lowest BCUT2D eigenvalue weighted by Gasteiger charge is -2.34. The van der Waals surface area contributed by atoms with Gasteiger partial charge in [0.2, 0.25) is 0 Å². The molecular weight excluding hydrogens is 496 g/mol. The van der Waals surface area contributed by atoms with Gasteiger partial charge in [-0.15, -0.1) is 0 Å². The Kier molecular flexibility index (Phi) is 9.14. The van der Waals surface area contributed by atoms with Crippen molar-refractivity contribution in [3.05, 3.63) is 65.2 Å². The monoisotopic (exact) mass is 538 g/mol. The molecule has 0 spiro atoms. The SMILES string of the molecule is COC(=O)N(CC(=O)NN1CC(c2ccc(C(C)(C)C)cc2)N(CCc2ccc(OC)cc2)C1=O)C(C)(C)C. The number of nitrogens with zero attached hydrogens (tertiary/aromatic N) is 3. The molecular formula is C30H42N4O5. The van der Waals surface area contributed by atoms with Gasteiger partial charge >= 0.3 is 12.1 Å². The Labute approximate surface area is 232 Å². The van der Waals surface area contributed by atoms with Crippen LogP contribution in [-0.2, 0) is 21.4 Å². The lowest BCUT2D eigenvalue weighted by Crippen LogP contribution is -2.53. The van der Waals surface area contributed by atoms with Gasteiger partial charge in [0.1, 0.15) is 12.3 Å². The van der Waals surface area contributed by atoms with E-state index in [4.69, 9.17) is 9.47 Å². The fourth-order valence-electron chi connectivity index (χ4n) is 4.53. The number of hydrazine groups is 1. The van der Waals surface area contributed by atoms with E-state index in [1.165, 1.54) is 22.6 Å². The van der Waals surface area contributed by atoms with Crippen molar-refractivity contribution in [2.45, 2.75) is 65.0 Å². The lowest BCUT2D eigenvalue weighted by atomic mass is 9.86. The van der Waals surface area contributed by atoms with E-state index < -0.39 is 17.5 Å². The number of carbonyl (C=O) groups is 3. The van der Waals surface area contributed by atoms with E-state index in [1.54, 1.807) is 12.0 Å². The van der Waals surface area contributed by atoms with Gasteiger partial charge in [0.05, 0.1) is 26.8 Å². The second kappa shape index (κ2) is 12.0. The molecule has 4 amide bonds. The second-order valence-corrected chi connectivity index (χ2v) is 11.8. The molecule has 39 heavy (non-hydrogen) atoms. The van der Waals surface area contributed by atoms with Crippen molar-refractivity contribution in [2.75, 3.05) is 33.9 Å². The first-order valence-electron chi connectivity index (χ1n) is 13.2. The summed E-state index contributed by atoms with van der Waals surface area (Å²) < 4.78 is 10.1. The zero-order chi connectivity index (χ0) is 29.0. The molecule has 1 atom stereocenters. The highest BCUT2D eigenvalue weighted by Crippen LogP contribution is 2.31. The van der Waals surface area contributed by atoms with Gasteiger partial charge in [-0.1, -0.05) is 57.2 Å². The predicted molar refractivity (Wildman–Crippen MR) is 150 cm³/mol. The number of benzene rings is 2. The molecule has 1 aliphatic rings. The number of carbonyl (C=O) groups excluding carboxylic acids is 3. The fourth-order valence-corrected chi connectivity index (χ4v) is 4.53. The first kappa shape index (κ1) is 29.8. The smallest absolute Gasteiger partial charge is 0.410 e. The van der Waals surface area contributed by atoms with Crippen LogP contribution < -0.4 is 10.2 Å². The van der Waals surface area contributed by atoms with Gasteiger partial charge in [0.25, 0.3) is 5.91 Å². The van der Waals surface area contributed by atoms with Crippen LogP contribution in [0.5, 0.6) is 5.75 Å². The third-order valence-electron chi connectivity index (χ3n) is 6.94. The maximum Gasteiger partial charge on any atom is 0.410 e. The minimum Gasteiger partial charge on any atom is -0.497 e. The van der Waals surface area contributed by atoms with Gasteiger partial charge in [0.15, 0.2) is 0 Å². The van der Waals surface area contributed by atoms with Gasteiger partial charge in [-0.2, -0.15) is 0 Å². The summed E-state index contributed by atoms with van der Waals surface area (Å²) in [7, 11) is 2.90. The molecule has 1 aliphatic heterocycles. The van der Waals surface area contributed by atoms with Gasteiger partial charge in [-0.05, 0) is 61.4 Å². The highest BCUT2D eigenvalue weighted by molar-refractivity contribution is 5.86.